The van der Waals surface area contributed by atoms with Gasteiger partial charge < -0.3 is 10.1 Å². The Balaban J connectivity index is 1.89. The van der Waals surface area contributed by atoms with Crippen LogP contribution >= 0.6 is 0 Å². The Morgan fingerprint density at radius 1 is 1.47 bits per heavy atom. The zero-order valence-corrected chi connectivity index (χ0v) is 11.7. The standard InChI is InChI=1S/C14H28N2O/c1-12(13-5-6-13)16(9-10-17-3)11-14(2)7-4-8-15-14/h12-13,15H,4-11H2,1-3H3. The molecule has 0 aromatic carbocycles. The molecule has 1 N–H and O–H groups in total. The number of hydrogen-bond acceptors (Lipinski definition) is 3. The van der Waals surface area contributed by atoms with Crippen LogP contribution in [0.2, 0.25) is 0 Å². The minimum Gasteiger partial charge on any atom is -0.383 e. The number of hydrogen-bond donors (Lipinski definition) is 1. The number of nitrogens with zero attached hydrogens (tertiary/aromatic N) is 1. The summed E-state index contributed by atoms with van der Waals surface area (Å²) in [5.74, 6) is 0.942. The van der Waals surface area contributed by atoms with E-state index in [-0.39, 0.29) is 0 Å². The van der Waals surface area contributed by atoms with Crippen LogP contribution in [0.4, 0.5) is 0 Å². The van der Waals surface area contributed by atoms with Gasteiger partial charge in [-0.25, -0.2) is 0 Å². The third-order valence-electron chi connectivity index (χ3n) is 4.47. The second kappa shape index (κ2) is 5.68. The summed E-state index contributed by atoms with van der Waals surface area (Å²) in [6.07, 6.45) is 5.49. The van der Waals surface area contributed by atoms with Crippen LogP contribution in [0.15, 0.2) is 0 Å². The Labute approximate surface area is 106 Å². The van der Waals surface area contributed by atoms with Crippen LogP contribution in [0.25, 0.3) is 0 Å². The maximum atomic E-state index is 5.26. The number of nitrogens with one attached hydrogen (secondary N) is 1. The number of rotatable bonds is 7. The molecule has 0 aromatic rings. The van der Waals surface area contributed by atoms with Crippen LogP contribution in [0.3, 0.4) is 0 Å². The summed E-state index contributed by atoms with van der Waals surface area (Å²) < 4.78 is 5.26. The largest absolute Gasteiger partial charge is 0.383 e. The third kappa shape index (κ3) is 3.67. The second-order valence-electron chi connectivity index (χ2n) is 6.13. The normalized spacial score (nSPS) is 31.1. The molecule has 2 rings (SSSR count). The van der Waals surface area contributed by atoms with E-state index in [9.17, 15) is 0 Å². The van der Waals surface area contributed by atoms with Crippen LogP contribution in [0, 0.1) is 5.92 Å². The van der Waals surface area contributed by atoms with Crippen LogP contribution in [0.1, 0.15) is 39.5 Å². The zero-order chi connectivity index (χ0) is 12.3. The predicted octanol–water partition coefficient (Wildman–Crippen LogP) is 1.88. The maximum absolute atomic E-state index is 5.26. The molecule has 1 saturated heterocycles. The van der Waals surface area contributed by atoms with Crippen molar-refractivity contribution in [3.8, 4) is 0 Å². The van der Waals surface area contributed by atoms with E-state index in [0.29, 0.717) is 5.54 Å². The fourth-order valence-electron chi connectivity index (χ4n) is 3.05. The fourth-order valence-corrected chi connectivity index (χ4v) is 3.05. The van der Waals surface area contributed by atoms with E-state index in [1.165, 1.54) is 38.8 Å². The Hall–Kier alpha value is -0.120. The Bertz CT molecular complexity index is 234. The van der Waals surface area contributed by atoms with Crippen LogP contribution < -0.4 is 5.32 Å². The monoisotopic (exact) mass is 240 g/mol. The average Bonchev–Trinajstić information content (AvgIpc) is 3.07. The average molecular weight is 240 g/mol. The van der Waals surface area contributed by atoms with Crippen molar-refractivity contribution in [1.82, 2.24) is 10.2 Å². The first-order valence-electron chi connectivity index (χ1n) is 7.13. The van der Waals surface area contributed by atoms with Gasteiger partial charge in [-0.1, -0.05) is 0 Å². The van der Waals surface area contributed by atoms with Gasteiger partial charge in [-0.3, -0.25) is 4.90 Å². The van der Waals surface area contributed by atoms with E-state index in [4.69, 9.17) is 4.74 Å². The lowest BCUT2D eigenvalue weighted by Gasteiger charge is -2.36. The molecular weight excluding hydrogens is 212 g/mol. The van der Waals surface area contributed by atoms with Crippen molar-refractivity contribution < 1.29 is 4.74 Å². The summed E-state index contributed by atoms with van der Waals surface area (Å²) in [7, 11) is 1.80. The molecule has 2 atom stereocenters. The highest BCUT2D eigenvalue weighted by molar-refractivity contribution is 4.94. The van der Waals surface area contributed by atoms with Gasteiger partial charge in [0.25, 0.3) is 0 Å². The molecule has 0 aromatic heterocycles. The zero-order valence-electron chi connectivity index (χ0n) is 11.7. The van der Waals surface area contributed by atoms with Crippen LogP contribution in [-0.2, 0) is 4.74 Å². The molecule has 2 unspecified atom stereocenters. The van der Waals surface area contributed by atoms with Gasteiger partial charge in [0.1, 0.15) is 0 Å². The Morgan fingerprint density at radius 3 is 2.76 bits per heavy atom. The fraction of sp³-hybridized carbons (Fsp3) is 1.00. The van der Waals surface area contributed by atoms with Gasteiger partial charge in [0.05, 0.1) is 6.61 Å². The molecule has 3 nitrogen and oxygen atoms in total. The lowest BCUT2D eigenvalue weighted by molar-refractivity contribution is 0.0948. The summed E-state index contributed by atoms with van der Waals surface area (Å²) in [5.41, 5.74) is 0.330. The second-order valence-corrected chi connectivity index (χ2v) is 6.13. The predicted molar refractivity (Wildman–Crippen MR) is 71.3 cm³/mol. The molecular formula is C14H28N2O. The molecule has 2 fully saturated rings. The van der Waals surface area contributed by atoms with Crippen molar-refractivity contribution in [2.24, 2.45) is 5.92 Å². The number of methoxy groups -OCH3 is 1. The smallest absolute Gasteiger partial charge is 0.0589 e. The molecule has 17 heavy (non-hydrogen) atoms. The summed E-state index contributed by atoms with van der Waals surface area (Å²) in [4.78, 5) is 2.64. The van der Waals surface area contributed by atoms with Gasteiger partial charge in [-0.15, -0.1) is 0 Å². The van der Waals surface area contributed by atoms with E-state index in [0.717, 1.165) is 25.1 Å². The molecule has 100 valence electrons. The molecule has 3 heteroatoms. The molecule has 0 spiro atoms. The topological polar surface area (TPSA) is 24.5 Å². The summed E-state index contributed by atoms with van der Waals surface area (Å²) in [5, 5.41) is 3.67. The SMILES string of the molecule is COCCN(CC1(C)CCCN1)C(C)C1CC1. The Morgan fingerprint density at radius 2 is 2.24 bits per heavy atom. The first kappa shape index (κ1) is 13.3. The minimum atomic E-state index is 0.330. The van der Waals surface area contributed by atoms with Crippen LogP contribution in [-0.4, -0.2) is 49.8 Å². The van der Waals surface area contributed by atoms with Crippen molar-refractivity contribution in [2.45, 2.75) is 51.1 Å². The molecule has 1 heterocycles. The quantitative estimate of drug-likeness (QED) is 0.735. The highest BCUT2D eigenvalue weighted by atomic mass is 16.5. The highest BCUT2D eigenvalue weighted by Crippen LogP contribution is 2.36. The molecule has 1 aliphatic heterocycles. The van der Waals surface area contributed by atoms with Gasteiger partial charge in [0, 0.05) is 31.8 Å². The van der Waals surface area contributed by atoms with E-state index in [1.807, 2.05) is 0 Å². The summed E-state index contributed by atoms with van der Waals surface area (Å²) in [6.45, 7) is 9.06. The summed E-state index contributed by atoms with van der Waals surface area (Å²) in [6, 6.07) is 0.726. The van der Waals surface area contributed by atoms with Crippen molar-refractivity contribution in [3.63, 3.8) is 0 Å². The van der Waals surface area contributed by atoms with Crippen molar-refractivity contribution in [2.75, 3.05) is 33.4 Å². The van der Waals surface area contributed by atoms with Gasteiger partial charge in [0.2, 0.25) is 0 Å². The molecule has 1 aliphatic carbocycles. The third-order valence-corrected chi connectivity index (χ3v) is 4.47. The van der Waals surface area contributed by atoms with Gasteiger partial charge in [-0.2, -0.15) is 0 Å². The lowest BCUT2D eigenvalue weighted by Crippen LogP contribution is -2.51. The minimum absolute atomic E-state index is 0.330. The van der Waals surface area contributed by atoms with Gasteiger partial charge in [0.15, 0.2) is 0 Å². The van der Waals surface area contributed by atoms with Crippen molar-refractivity contribution in [1.29, 1.82) is 0 Å². The van der Waals surface area contributed by atoms with E-state index in [2.05, 4.69) is 24.1 Å². The maximum Gasteiger partial charge on any atom is 0.0589 e. The van der Waals surface area contributed by atoms with Crippen molar-refractivity contribution in [3.05, 3.63) is 0 Å². The van der Waals surface area contributed by atoms with E-state index in [1.54, 1.807) is 7.11 Å². The van der Waals surface area contributed by atoms with Crippen LogP contribution in [0.5, 0.6) is 0 Å². The molecule has 2 aliphatic rings. The highest BCUT2D eigenvalue weighted by Gasteiger charge is 2.36. The van der Waals surface area contributed by atoms with Gasteiger partial charge in [-0.05, 0) is 52.0 Å². The van der Waals surface area contributed by atoms with Crippen molar-refractivity contribution >= 4 is 0 Å². The Kier molecular flexibility index (Phi) is 4.45. The first-order chi connectivity index (χ1) is 8.14. The molecule has 0 bridgehead atoms. The lowest BCUT2D eigenvalue weighted by atomic mass is 9.98. The molecule has 1 saturated carbocycles. The first-order valence-corrected chi connectivity index (χ1v) is 7.13. The van der Waals surface area contributed by atoms with E-state index < -0.39 is 0 Å². The molecule has 0 radical (unpaired) electrons. The summed E-state index contributed by atoms with van der Waals surface area (Å²) >= 11 is 0. The van der Waals surface area contributed by atoms with E-state index >= 15 is 0 Å². The number of ether oxygens (including phenoxy) is 1. The molecule has 0 amide bonds. The van der Waals surface area contributed by atoms with Gasteiger partial charge >= 0.3 is 0 Å².